The summed E-state index contributed by atoms with van der Waals surface area (Å²) < 4.78 is 37.5. The highest BCUT2D eigenvalue weighted by Gasteiger charge is 2.31. The minimum atomic E-state index is -4.47. The van der Waals surface area contributed by atoms with Crippen LogP contribution in [0.15, 0.2) is 18.3 Å². The van der Waals surface area contributed by atoms with Gasteiger partial charge >= 0.3 is 12.1 Å². The molecule has 1 aromatic heterocycles. The molecule has 2 N–H and O–H groups in total. The van der Waals surface area contributed by atoms with E-state index in [1.165, 1.54) is 0 Å². The smallest absolute Gasteiger partial charge is 0.416 e. The normalized spacial score (nSPS) is 13.1. The number of halogens is 3. The van der Waals surface area contributed by atoms with Crippen LogP contribution in [-0.4, -0.2) is 22.1 Å². The molecule has 0 spiro atoms. The second-order valence-corrected chi connectivity index (χ2v) is 4.10. The maximum absolute atomic E-state index is 12.5. The number of nitrogens with zero attached hydrogens (tertiary/aromatic N) is 1. The van der Waals surface area contributed by atoms with Gasteiger partial charge in [0.2, 0.25) is 0 Å². The van der Waals surface area contributed by atoms with Gasteiger partial charge in [-0.1, -0.05) is 19.8 Å². The Morgan fingerprint density at radius 2 is 2.21 bits per heavy atom. The molecule has 0 radical (unpaired) electrons. The molecule has 1 atom stereocenters. The van der Waals surface area contributed by atoms with Crippen molar-refractivity contribution in [3.63, 3.8) is 0 Å². The summed E-state index contributed by atoms with van der Waals surface area (Å²) in [4.78, 5) is 14.7. The van der Waals surface area contributed by atoms with E-state index in [4.69, 9.17) is 5.11 Å². The van der Waals surface area contributed by atoms with Gasteiger partial charge in [0.05, 0.1) is 5.56 Å². The van der Waals surface area contributed by atoms with Gasteiger partial charge in [0, 0.05) is 6.20 Å². The molecule has 7 heteroatoms. The van der Waals surface area contributed by atoms with Crippen LogP contribution in [0.3, 0.4) is 0 Å². The molecule has 4 nitrogen and oxygen atoms in total. The Morgan fingerprint density at radius 3 is 2.74 bits per heavy atom. The van der Waals surface area contributed by atoms with Crippen molar-refractivity contribution >= 4 is 11.8 Å². The second kappa shape index (κ2) is 6.40. The highest BCUT2D eigenvalue weighted by Crippen LogP contribution is 2.30. The van der Waals surface area contributed by atoms with Crippen LogP contribution in [0.25, 0.3) is 0 Å². The van der Waals surface area contributed by atoms with Crippen LogP contribution in [0.1, 0.15) is 31.7 Å². The molecule has 0 unspecified atom stereocenters. The van der Waals surface area contributed by atoms with Crippen molar-refractivity contribution in [1.82, 2.24) is 4.98 Å². The molecule has 1 rings (SSSR count). The largest absolute Gasteiger partial charge is 0.480 e. The number of anilines is 1. The molecule has 0 aromatic carbocycles. The zero-order valence-electron chi connectivity index (χ0n) is 10.4. The van der Waals surface area contributed by atoms with E-state index in [0.717, 1.165) is 24.8 Å². The van der Waals surface area contributed by atoms with Gasteiger partial charge in [-0.15, -0.1) is 0 Å². The minimum Gasteiger partial charge on any atom is -0.480 e. The number of alkyl halides is 3. The molecule has 19 heavy (non-hydrogen) atoms. The topological polar surface area (TPSA) is 62.2 Å². The summed E-state index contributed by atoms with van der Waals surface area (Å²) in [6, 6.07) is 0.713. The van der Waals surface area contributed by atoms with E-state index in [1.54, 1.807) is 0 Å². The molecule has 0 aliphatic rings. The van der Waals surface area contributed by atoms with Crippen LogP contribution >= 0.6 is 0 Å². The molecule has 106 valence electrons. The third-order valence-corrected chi connectivity index (χ3v) is 2.55. The minimum absolute atomic E-state index is 0.0849. The number of nitrogens with one attached hydrogen (secondary N) is 1. The molecular weight excluding hydrogens is 261 g/mol. The molecule has 1 aromatic rings. The fourth-order valence-corrected chi connectivity index (χ4v) is 1.53. The van der Waals surface area contributed by atoms with Gasteiger partial charge in [-0.3, -0.25) is 0 Å². The average Bonchev–Trinajstić information content (AvgIpc) is 2.33. The summed E-state index contributed by atoms with van der Waals surface area (Å²) >= 11 is 0. The first-order valence-electron chi connectivity index (χ1n) is 5.87. The maximum Gasteiger partial charge on any atom is 0.416 e. The standard InChI is InChI=1S/C12H15F3N2O2/c1-2-3-4-9(11(18)19)17-10-7-8(5-6-16-10)12(13,14)15/h5-7,9H,2-4H2,1H3,(H,16,17)(H,18,19)/t9-/m0/s1. The Hall–Kier alpha value is -1.79. The van der Waals surface area contributed by atoms with Crippen LogP contribution in [-0.2, 0) is 11.0 Å². The predicted molar refractivity (Wildman–Crippen MR) is 63.8 cm³/mol. The number of hydrogen-bond donors (Lipinski definition) is 2. The van der Waals surface area contributed by atoms with Crippen molar-refractivity contribution in [3.8, 4) is 0 Å². The van der Waals surface area contributed by atoms with Crippen LogP contribution in [0.5, 0.6) is 0 Å². The van der Waals surface area contributed by atoms with Crippen molar-refractivity contribution in [3.05, 3.63) is 23.9 Å². The lowest BCUT2D eigenvalue weighted by Crippen LogP contribution is -2.29. The molecule has 0 saturated heterocycles. The Kier molecular flexibility index (Phi) is 5.14. The summed E-state index contributed by atoms with van der Waals surface area (Å²) in [6.07, 6.45) is -1.65. The van der Waals surface area contributed by atoms with E-state index >= 15 is 0 Å². The Balaban J connectivity index is 2.82. The van der Waals surface area contributed by atoms with Crippen LogP contribution in [0, 0.1) is 0 Å². The van der Waals surface area contributed by atoms with E-state index in [1.807, 2.05) is 6.92 Å². The van der Waals surface area contributed by atoms with Crippen molar-refractivity contribution < 1.29 is 23.1 Å². The van der Waals surface area contributed by atoms with Crippen LogP contribution in [0.4, 0.5) is 19.0 Å². The van der Waals surface area contributed by atoms with Gasteiger partial charge in [-0.2, -0.15) is 13.2 Å². The van der Waals surface area contributed by atoms with Crippen LogP contribution in [0.2, 0.25) is 0 Å². The number of hydrogen-bond acceptors (Lipinski definition) is 3. The first kappa shape index (κ1) is 15.3. The zero-order valence-corrected chi connectivity index (χ0v) is 10.4. The van der Waals surface area contributed by atoms with E-state index in [9.17, 15) is 18.0 Å². The second-order valence-electron chi connectivity index (χ2n) is 4.10. The zero-order chi connectivity index (χ0) is 14.5. The molecule has 1 heterocycles. The monoisotopic (exact) mass is 276 g/mol. The number of unbranched alkanes of at least 4 members (excludes halogenated alkanes) is 1. The van der Waals surface area contributed by atoms with E-state index < -0.39 is 23.8 Å². The summed E-state index contributed by atoms with van der Waals surface area (Å²) in [5, 5.41) is 11.5. The SMILES string of the molecule is CCCC[C@H](Nc1cc(C(F)(F)F)ccn1)C(=O)O. The Bertz CT molecular complexity index is 435. The summed E-state index contributed by atoms with van der Waals surface area (Å²) in [7, 11) is 0. The number of carbonyl (C=O) groups is 1. The van der Waals surface area contributed by atoms with Gasteiger partial charge in [0.25, 0.3) is 0 Å². The average molecular weight is 276 g/mol. The quantitative estimate of drug-likeness (QED) is 0.837. The summed E-state index contributed by atoms with van der Waals surface area (Å²) in [5.41, 5.74) is -0.857. The van der Waals surface area contributed by atoms with Gasteiger partial charge < -0.3 is 10.4 Å². The highest BCUT2D eigenvalue weighted by atomic mass is 19.4. The summed E-state index contributed by atoms with van der Waals surface area (Å²) in [5.74, 6) is -1.19. The van der Waals surface area contributed by atoms with Crippen molar-refractivity contribution in [1.29, 1.82) is 0 Å². The molecule has 0 saturated carbocycles. The Labute approximate surface area is 108 Å². The predicted octanol–water partition coefficient (Wildman–Crippen LogP) is 3.16. The van der Waals surface area contributed by atoms with Crippen molar-refractivity contribution in [2.75, 3.05) is 5.32 Å². The van der Waals surface area contributed by atoms with Crippen LogP contribution < -0.4 is 5.32 Å². The molecular formula is C12H15F3N2O2. The lowest BCUT2D eigenvalue weighted by atomic mass is 10.1. The van der Waals surface area contributed by atoms with Gasteiger partial charge in [0.15, 0.2) is 0 Å². The van der Waals surface area contributed by atoms with Gasteiger partial charge in [-0.05, 0) is 18.6 Å². The lowest BCUT2D eigenvalue weighted by molar-refractivity contribution is -0.138. The summed E-state index contributed by atoms with van der Waals surface area (Å²) in [6.45, 7) is 1.90. The van der Waals surface area contributed by atoms with E-state index in [2.05, 4.69) is 10.3 Å². The number of carboxylic acid groups (broad SMARTS) is 1. The third kappa shape index (κ3) is 4.76. The van der Waals surface area contributed by atoms with E-state index in [0.29, 0.717) is 12.8 Å². The number of carboxylic acids is 1. The number of rotatable bonds is 6. The van der Waals surface area contributed by atoms with E-state index in [-0.39, 0.29) is 5.82 Å². The van der Waals surface area contributed by atoms with Gasteiger partial charge in [-0.25, -0.2) is 9.78 Å². The number of pyridine rings is 1. The number of aromatic nitrogens is 1. The first-order chi connectivity index (χ1) is 8.84. The first-order valence-corrected chi connectivity index (χ1v) is 5.87. The fourth-order valence-electron chi connectivity index (χ4n) is 1.53. The molecule has 0 aliphatic carbocycles. The van der Waals surface area contributed by atoms with Crippen molar-refractivity contribution in [2.45, 2.75) is 38.4 Å². The lowest BCUT2D eigenvalue weighted by Gasteiger charge is -2.15. The third-order valence-electron chi connectivity index (χ3n) is 2.55. The number of aliphatic carboxylic acids is 1. The maximum atomic E-state index is 12.5. The molecule has 0 fully saturated rings. The fraction of sp³-hybridized carbons (Fsp3) is 0.500. The Morgan fingerprint density at radius 1 is 1.53 bits per heavy atom. The molecule has 0 aliphatic heterocycles. The van der Waals surface area contributed by atoms with Crippen molar-refractivity contribution in [2.24, 2.45) is 0 Å². The highest BCUT2D eigenvalue weighted by molar-refractivity contribution is 5.76. The van der Waals surface area contributed by atoms with Gasteiger partial charge in [0.1, 0.15) is 11.9 Å². The molecule has 0 bridgehead atoms. The molecule has 0 amide bonds.